The molecule has 0 amide bonds. The van der Waals surface area contributed by atoms with E-state index in [-0.39, 0.29) is 5.82 Å². The minimum absolute atomic E-state index is 0.389. The number of anilines is 1. The van der Waals surface area contributed by atoms with Crippen molar-refractivity contribution in [2.45, 2.75) is 25.9 Å². The number of hydrogen-bond donors (Lipinski definition) is 2. The van der Waals surface area contributed by atoms with E-state index in [1.54, 1.807) is 0 Å². The zero-order valence-electron chi connectivity index (χ0n) is 8.83. The zero-order valence-corrected chi connectivity index (χ0v) is 8.83. The first-order valence-corrected chi connectivity index (χ1v) is 4.94. The molecule has 0 bridgehead atoms. The van der Waals surface area contributed by atoms with Gasteiger partial charge in [-0.05, 0) is 31.0 Å². The first-order valence-electron chi connectivity index (χ1n) is 4.94. The van der Waals surface area contributed by atoms with Crippen LogP contribution in [-0.4, -0.2) is 5.11 Å². The highest BCUT2D eigenvalue weighted by Gasteiger charge is 2.12. The minimum atomic E-state index is -0.770. The van der Waals surface area contributed by atoms with Gasteiger partial charge in [-0.2, -0.15) is 0 Å². The minimum Gasteiger partial charge on any atom is -0.398 e. The van der Waals surface area contributed by atoms with Gasteiger partial charge in [0.15, 0.2) is 0 Å². The highest BCUT2D eigenvalue weighted by atomic mass is 19.1. The van der Waals surface area contributed by atoms with E-state index in [1.165, 1.54) is 18.2 Å². The van der Waals surface area contributed by atoms with E-state index in [4.69, 9.17) is 5.73 Å². The average molecular weight is 209 g/mol. The number of aliphatic hydroxyl groups is 1. The van der Waals surface area contributed by atoms with E-state index in [1.807, 2.05) is 6.92 Å². The lowest BCUT2D eigenvalue weighted by Gasteiger charge is -2.14. The molecule has 1 aromatic rings. The van der Waals surface area contributed by atoms with Crippen LogP contribution in [0.15, 0.2) is 30.4 Å². The maximum Gasteiger partial charge on any atom is 0.123 e. The predicted octanol–water partition coefficient (Wildman–Crippen LogP) is 2.80. The van der Waals surface area contributed by atoms with Crippen LogP contribution in [0.25, 0.3) is 0 Å². The molecule has 82 valence electrons. The Labute approximate surface area is 89.2 Å². The van der Waals surface area contributed by atoms with Gasteiger partial charge in [-0.25, -0.2) is 4.39 Å². The van der Waals surface area contributed by atoms with Crippen molar-refractivity contribution >= 4 is 5.69 Å². The number of hydrogen-bond acceptors (Lipinski definition) is 2. The van der Waals surface area contributed by atoms with Crippen molar-refractivity contribution in [2.75, 3.05) is 5.73 Å². The lowest BCUT2D eigenvalue weighted by atomic mass is 9.99. The fourth-order valence-corrected chi connectivity index (χ4v) is 1.36. The van der Waals surface area contributed by atoms with Crippen LogP contribution < -0.4 is 5.73 Å². The van der Waals surface area contributed by atoms with Crippen LogP contribution in [0, 0.1) is 5.82 Å². The molecule has 0 aliphatic carbocycles. The molecular formula is C12H16FNO. The van der Waals surface area contributed by atoms with Crippen LogP contribution >= 0.6 is 0 Å². The second-order valence-electron chi connectivity index (χ2n) is 3.60. The van der Waals surface area contributed by atoms with E-state index in [9.17, 15) is 9.50 Å². The third-order valence-electron chi connectivity index (χ3n) is 2.39. The van der Waals surface area contributed by atoms with E-state index >= 15 is 0 Å². The maximum absolute atomic E-state index is 12.9. The van der Waals surface area contributed by atoms with Crippen molar-refractivity contribution in [1.82, 2.24) is 0 Å². The Bertz CT molecular complexity index is 363. The van der Waals surface area contributed by atoms with Crippen molar-refractivity contribution in [2.24, 2.45) is 0 Å². The standard InChI is InChI=1S/C12H16FNO/c1-3-8(2)6-12(15)10-7-9(13)4-5-11(10)14/h4-5,7,12,15H,2-3,6,14H2,1H3. The topological polar surface area (TPSA) is 46.2 Å². The second kappa shape index (κ2) is 4.94. The Balaban J connectivity index is 2.85. The summed E-state index contributed by atoms with van der Waals surface area (Å²) in [5.74, 6) is -0.389. The molecule has 0 aliphatic rings. The first-order chi connectivity index (χ1) is 7.04. The van der Waals surface area contributed by atoms with Crippen LogP contribution in [-0.2, 0) is 0 Å². The number of halogens is 1. The molecule has 1 aromatic carbocycles. The molecule has 0 aromatic heterocycles. The van der Waals surface area contributed by atoms with Crippen molar-refractivity contribution in [1.29, 1.82) is 0 Å². The van der Waals surface area contributed by atoms with Gasteiger partial charge in [-0.1, -0.05) is 19.1 Å². The fraction of sp³-hybridized carbons (Fsp3) is 0.333. The SMILES string of the molecule is C=C(CC)CC(O)c1cc(F)ccc1N. The highest BCUT2D eigenvalue weighted by Crippen LogP contribution is 2.26. The van der Waals surface area contributed by atoms with E-state index < -0.39 is 6.10 Å². The molecule has 1 atom stereocenters. The monoisotopic (exact) mass is 209 g/mol. The summed E-state index contributed by atoms with van der Waals surface area (Å²) in [4.78, 5) is 0. The average Bonchev–Trinajstić information content (AvgIpc) is 2.21. The number of rotatable bonds is 4. The van der Waals surface area contributed by atoms with Crippen molar-refractivity contribution < 1.29 is 9.50 Å². The molecule has 1 unspecified atom stereocenters. The Hall–Kier alpha value is -1.35. The molecular weight excluding hydrogens is 193 g/mol. The molecule has 3 heteroatoms. The molecule has 0 heterocycles. The molecule has 0 saturated carbocycles. The molecule has 0 radical (unpaired) electrons. The van der Waals surface area contributed by atoms with Gasteiger partial charge in [0.1, 0.15) is 5.82 Å². The van der Waals surface area contributed by atoms with Crippen molar-refractivity contribution in [3.8, 4) is 0 Å². The third kappa shape index (κ3) is 3.06. The summed E-state index contributed by atoms with van der Waals surface area (Å²) in [7, 11) is 0. The summed E-state index contributed by atoms with van der Waals surface area (Å²) in [6.45, 7) is 5.76. The van der Waals surface area contributed by atoms with Crippen molar-refractivity contribution in [3.05, 3.63) is 41.7 Å². The molecule has 1 rings (SSSR count). The van der Waals surface area contributed by atoms with Gasteiger partial charge in [0, 0.05) is 11.3 Å². The Morgan fingerprint density at radius 2 is 2.27 bits per heavy atom. The van der Waals surface area contributed by atoms with Gasteiger partial charge in [0.25, 0.3) is 0 Å². The van der Waals surface area contributed by atoms with E-state index in [0.29, 0.717) is 17.7 Å². The van der Waals surface area contributed by atoms with Gasteiger partial charge >= 0.3 is 0 Å². The molecule has 0 aliphatic heterocycles. The number of nitrogen functional groups attached to an aromatic ring is 1. The van der Waals surface area contributed by atoms with Gasteiger partial charge < -0.3 is 10.8 Å². The van der Waals surface area contributed by atoms with Crippen LogP contribution in [0.5, 0.6) is 0 Å². The van der Waals surface area contributed by atoms with Gasteiger partial charge in [-0.3, -0.25) is 0 Å². The maximum atomic E-state index is 12.9. The smallest absolute Gasteiger partial charge is 0.123 e. The van der Waals surface area contributed by atoms with Crippen LogP contribution in [0.3, 0.4) is 0 Å². The van der Waals surface area contributed by atoms with Crippen LogP contribution in [0.4, 0.5) is 10.1 Å². The lowest BCUT2D eigenvalue weighted by molar-refractivity contribution is 0.178. The number of benzene rings is 1. The predicted molar refractivity (Wildman–Crippen MR) is 59.8 cm³/mol. The molecule has 2 nitrogen and oxygen atoms in total. The van der Waals surface area contributed by atoms with Gasteiger partial charge in [0.05, 0.1) is 6.10 Å². The second-order valence-corrected chi connectivity index (χ2v) is 3.60. The summed E-state index contributed by atoms with van der Waals surface area (Å²) in [6.07, 6.45) is 0.448. The van der Waals surface area contributed by atoms with E-state index in [0.717, 1.165) is 12.0 Å². The summed E-state index contributed by atoms with van der Waals surface area (Å²) in [5.41, 5.74) is 7.42. The summed E-state index contributed by atoms with van der Waals surface area (Å²) in [5, 5.41) is 9.82. The Morgan fingerprint density at radius 3 is 2.87 bits per heavy atom. The van der Waals surface area contributed by atoms with Crippen LogP contribution in [0.2, 0.25) is 0 Å². The Morgan fingerprint density at radius 1 is 1.60 bits per heavy atom. The van der Waals surface area contributed by atoms with Crippen LogP contribution in [0.1, 0.15) is 31.4 Å². The number of nitrogens with two attached hydrogens (primary N) is 1. The summed E-state index contributed by atoms with van der Waals surface area (Å²) in [6, 6.07) is 4.01. The molecule has 0 spiro atoms. The van der Waals surface area contributed by atoms with Crippen molar-refractivity contribution in [3.63, 3.8) is 0 Å². The van der Waals surface area contributed by atoms with Gasteiger partial charge in [0.2, 0.25) is 0 Å². The highest BCUT2D eigenvalue weighted by molar-refractivity contribution is 5.48. The molecule has 15 heavy (non-hydrogen) atoms. The summed E-state index contributed by atoms with van der Waals surface area (Å²) < 4.78 is 12.9. The zero-order chi connectivity index (χ0) is 11.4. The van der Waals surface area contributed by atoms with Gasteiger partial charge in [-0.15, -0.1) is 0 Å². The quantitative estimate of drug-likeness (QED) is 0.591. The molecule has 3 N–H and O–H groups in total. The first kappa shape index (κ1) is 11.7. The third-order valence-corrected chi connectivity index (χ3v) is 2.39. The number of aliphatic hydroxyl groups excluding tert-OH is 1. The molecule has 0 fully saturated rings. The normalized spacial score (nSPS) is 12.5. The largest absolute Gasteiger partial charge is 0.398 e. The summed E-state index contributed by atoms with van der Waals surface area (Å²) >= 11 is 0. The Kier molecular flexibility index (Phi) is 3.86. The van der Waals surface area contributed by atoms with E-state index in [2.05, 4.69) is 6.58 Å². The molecule has 0 saturated heterocycles. The lowest BCUT2D eigenvalue weighted by Crippen LogP contribution is -2.03. The fourth-order valence-electron chi connectivity index (χ4n) is 1.36.